The van der Waals surface area contributed by atoms with Gasteiger partial charge in [0.05, 0.1) is 28.8 Å². The molecule has 1 atom stereocenters. The smallest absolute Gasteiger partial charge is 0.290 e. The van der Waals surface area contributed by atoms with Gasteiger partial charge in [-0.1, -0.05) is 49.4 Å². The van der Waals surface area contributed by atoms with Gasteiger partial charge in [0.2, 0.25) is 5.78 Å². The van der Waals surface area contributed by atoms with Gasteiger partial charge >= 0.3 is 0 Å². The second-order valence-corrected chi connectivity index (χ2v) is 8.94. The van der Waals surface area contributed by atoms with Crippen LogP contribution in [0.1, 0.15) is 40.3 Å². The van der Waals surface area contributed by atoms with E-state index in [1.165, 1.54) is 16.2 Å². The third-order valence-electron chi connectivity index (χ3n) is 5.57. The summed E-state index contributed by atoms with van der Waals surface area (Å²) in [5, 5.41) is 20.6. The first kappa shape index (κ1) is 23.7. The van der Waals surface area contributed by atoms with E-state index in [4.69, 9.17) is 9.84 Å². The van der Waals surface area contributed by atoms with E-state index in [1.807, 2.05) is 37.3 Å². The number of carbonyl (C=O) groups is 2. The lowest BCUT2D eigenvalue weighted by molar-refractivity contribution is -0.129. The second kappa shape index (κ2) is 10.2. The van der Waals surface area contributed by atoms with Crippen LogP contribution in [-0.2, 0) is 4.79 Å². The topological polar surface area (TPSA) is 100.0 Å². The number of benzene rings is 2. The number of Topliss-reactive ketones (excluding diaryl/α,β-unsaturated/α-hetero) is 1. The summed E-state index contributed by atoms with van der Waals surface area (Å²) in [5.74, 6) is -0.996. The minimum atomic E-state index is -0.751. The molecule has 1 aliphatic heterocycles. The van der Waals surface area contributed by atoms with E-state index in [1.54, 1.807) is 31.2 Å². The van der Waals surface area contributed by atoms with Crippen LogP contribution in [0.5, 0.6) is 5.75 Å². The van der Waals surface area contributed by atoms with E-state index in [2.05, 4.69) is 4.98 Å². The third kappa shape index (κ3) is 4.47. The number of aryl methyl sites for hydroxylation is 1. The van der Waals surface area contributed by atoms with Crippen molar-refractivity contribution in [1.82, 2.24) is 9.88 Å². The molecular weight excluding hydrogens is 452 g/mol. The Morgan fingerprint density at radius 3 is 2.65 bits per heavy atom. The van der Waals surface area contributed by atoms with Crippen LogP contribution in [0.25, 0.3) is 10.6 Å². The minimum absolute atomic E-state index is 0.0455. The highest BCUT2D eigenvalue weighted by Gasteiger charge is 2.44. The molecule has 1 unspecified atom stereocenters. The lowest BCUT2D eigenvalue weighted by atomic mass is 9.95. The van der Waals surface area contributed by atoms with Gasteiger partial charge in [0, 0.05) is 12.1 Å². The Hall–Kier alpha value is -3.49. The summed E-state index contributed by atoms with van der Waals surface area (Å²) < 4.78 is 5.53. The molecular formula is C26H26N2O5S. The molecule has 176 valence electrons. The molecule has 0 saturated carbocycles. The third-order valence-corrected chi connectivity index (χ3v) is 6.78. The molecule has 34 heavy (non-hydrogen) atoms. The number of ketones is 1. The first-order valence-electron chi connectivity index (χ1n) is 11.1. The van der Waals surface area contributed by atoms with E-state index in [0.717, 1.165) is 5.56 Å². The zero-order valence-electron chi connectivity index (χ0n) is 19.0. The number of hydrogen-bond acceptors (Lipinski definition) is 7. The monoisotopic (exact) mass is 478 g/mol. The Morgan fingerprint density at radius 1 is 1.18 bits per heavy atom. The van der Waals surface area contributed by atoms with Crippen LogP contribution >= 0.6 is 11.3 Å². The summed E-state index contributed by atoms with van der Waals surface area (Å²) in [7, 11) is 0. The highest BCUT2D eigenvalue weighted by Crippen LogP contribution is 2.41. The van der Waals surface area contributed by atoms with Crippen LogP contribution in [0.2, 0.25) is 0 Å². The highest BCUT2D eigenvalue weighted by atomic mass is 32.1. The van der Waals surface area contributed by atoms with Gasteiger partial charge < -0.3 is 19.8 Å². The molecule has 2 heterocycles. The molecule has 1 amide bonds. The van der Waals surface area contributed by atoms with E-state index in [9.17, 15) is 14.7 Å². The average Bonchev–Trinajstić information content (AvgIpc) is 3.36. The standard InChI is InChI=1S/C26H26N2O5S/c1-3-12-28-21(18-10-7-11-19(15-18)33-14-13-29)20(23(31)26(28)32)22(30)24-16(2)27-25(34-24)17-8-5-4-6-9-17/h4-11,15,21,29,31H,3,12-14H2,1-2H3. The van der Waals surface area contributed by atoms with Crippen molar-refractivity contribution in [2.75, 3.05) is 19.8 Å². The number of ether oxygens (including phenoxy) is 1. The summed E-state index contributed by atoms with van der Waals surface area (Å²) in [6.45, 7) is 4.06. The molecule has 0 radical (unpaired) electrons. The number of amides is 1. The number of aliphatic hydroxyl groups excluding tert-OH is 2. The largest absolute Gasteiger partial charge is 0.503 e. The fourth-order valence-corrected chi connectivity index (χ4v) is 5.10. The van der Waals surface area contributed by atoms with Gasteiger partial charge in [-0.15, -0.1) is 11.3 Å². The summed E-state index contributed by atoms with van der Waals surface area (Å²) in [4.78, 5) is 33.2. The van der Waals surface area contributed by atoms with Crippen LogP contribution in [0.15, 0.2) is 65.9 Å². The van der Waals surface area contributed by atoms with Gasteiger partial charge in [-0.2, -0.15) is 0 Å². The molecule has 1 aliphatic rings. The van der Waals surface area contributed by atoms with Crippen molar-refractivity contribution in [2.24, 2.45) is 0 Å². The van der Waals surface area contributed by atoms with Gasteiger partial charge in [0.25, 0.3) is 5.91 Å². The first-order valence-corrected chi connectivity index (χ1v) is 11.9. The number of aromatic nitrogens is 1. The van der Waals surface area contributed by atoms with E-state index in [0.29, 0.717) is 39.9 Å². The van der Waals surface area contributed by atoms with Gasteiger partial charge in [0.1, 0.15) is 17.4 Å². The van der Waals surface area contributed by atoms with Crippen molar-refractivity contribution in [1.29, 1.82) is 0 Å². The van der Waals surface area contributed by atoms with Crippen molar-refractivity contribution < 1.29 is 24.5 Å². The Kier molecular flexibility index (Phi) is 7.09. The van der Waals surface area contributed by atoms with E-state index in [-0.39, 0.29) is 18.8 Å². The maximum absolute atomic E-state index is 13.8. The molecule has 0 bridgehead atoms. The average molecular weight is 479 g/mol. The molecule has 7 nitrogen and oxygen atoms in total. The minimum Gasteiger partial charge on any atom is -0.503 e. The Labute approximate surface area is 202 Å². The predicted molar refractivity (Wildman–Crippen MR) is 130 cm³/mol. The quantitative estimate of drug-likeness (QED) is 0.440. The summed E-state index contributed by atoms with van der Waals surface area (Å²) in [5.41, 5.74) is 2.14. The predicted octanol–water partition coefficient (Wildman–Crippen LogP) is 4.48. The number of thiazole rings is 1. The van der Waals surface area contributed by atoms with Crippen LogP contribution in [0.4, 0.5) is 0 Å². The maximum Gasteiger partial charge on any atom is 0.290 e. The van der Waals surface area contributed by atoms with E-state index < -0.39 is 23.5 Å². The molecule has 0 saturated heterocycles. The maximum atomic E-state index is 13.8. The summed E-state index contributed by atoms with van der Waals surface area (Å²) in [6, 6.07) is 15.9. The molecule has 2 aromatic carbocycles. The zero-order valence-corrected chi connectivity index (χ0v) is 19.8. The van der Waals surface area contributed by atoms with Crippen molar-refractivity contribution in [2.45, 2.75) is 26.3 Å². The van der Waals surface area contributed by atoms with Crippen molar-refractivity contribution in [3.63, 3.8) is 0 Å². The van der Waals surface area contributed by atoms with Crippen LogP contribution < -0.4 is 4.74 Å². The number of nitrogens with zero attached hydrogens (tertiary/aromatic N) is 2. The molecule has 0 aliphatic carbocycles. The highest BCUT2D eigenvalue weighted by molar-refractivity contribution is 7.17. The van der Waals surface area contributed by atoms with Gasteiger partial charge in [0.15, 0.2) is 5.76 Å². The SMILES string of the molecule is CCCN1C(=O)C(O)=C(C(=O)c2sc(-c3ccccc3)nc2C)C1c1cccc(OCCO)c1. The first-order chi connectivity index (χ1) is 16.5. The van der Waals surface area contributed by atoms with Crippen LogP contribution in [0, 0.1) is 6.92 Å². The lowest BCUT2D eigenvalue weighted by Gasteiger charge is -2.26. The number of aliphatic hydroxyl groups is 2. The molecule has 0 spiro atoms. The van der Waals surface area contributed by atoms with Crippen molar-refractivity contribution >= 4 is 23.0 Å². The van der Waals surface area contributed by atoms with Gasteiger partial charge in [-0.3, -0.25) is 9.59 Å². The Morgan fingerprint density at radius 2 is 1.94 bits per heavy atom. The number of rotatable bonds is 9. The second-order valence-electron chi connectivity index (χ2n) is 7.94. The molecule has 4 rings (SSSR count). The summed E-state index contributed by atoms with van der Waals surface area (Å²) in [6.07, 6.45) is 0.662. The fourth-order valence-electron chi connectivity index (χ4n) is 4.08. The van der Waals surface area contributed by atoms with Gasteiger partial charge in [-0.05, 0) is 31.0 Å². The molecule has 2 N–H and O–H groups in total. The van der Waals surface area contributed by atoms with Crippen molar-refractivity contribution in [3.8, 4) is 16.3 Å². The fraction of sp³-hybridized carbons (Fsp3) is 0.269. The van der Waals surface area contributed by atoms with Crippen LogP contribution in [-0.4, -0.2) is 51.5 Å². The van der Waals surface area contributed by atoms with Crippen LogP contribution in [0.3, 0.4) is 0 Å². The normalized spacial score (nSPS) is 15.8. The molecule has 3 aromatic rings. The summed E-state index contributed by atoms with van der Waals surface area (Å²) >= 11 is 1.25. The number of hydrogen-bond donors (Lipinski definition) is 2. The van der Waals surface area contributed by atoms with E-state index >= 15 is 0 Å². The Balaban J connectivity index is 1.76. The lowest BCUT2D eigenvalue weighted by Crippen LogP contribution is -2.31. The molecule has 0 fully saturated rings. The van der Waals surface area contributed by atoms with Gasteiger partial charge in [-0.25, -0.2) is 4.98 Å². The molecule has 8 heteroatoms. The number of carbonyl (C=O) groups excluding carboxylic acids is 2. The van der Waals surface area contributed by atoms with Crippen molar-refractivity contribution in [3.05, 3.63) is 82.1 Å². The zero-order chi connectivity index (χ0) is 24.2. The molecule has 1 aromatic heterocycles. The Bertz CT molecular complexity index is 1230.